The number of fused-ring (bicyclic) bond motifs is 1. The molecular weight excluding hydrogens is 430 g/mol. The predicted octanol–water partition coefficient (Wildman–Crippen LogP) is 2.30. The zero-order valence-corrected chi connectivity index (χ0v) is 19.5. The van der Waals surface area contributed by atoms with Gasteiger partial charge in [-0.2, -0.15) is 0 Å². The van der Waals surface area contributed by atoms with Crippen molar-refractivity contribution in [3.8, 4) is 5.75 Å². The van der Waals surface area contributed by atoms with Crippen LogP contribution in [-0.2, 0) is 23.1 Å². The van der Waals surface area contributed by atoms with Crippen molar-refractivity contribution in [2.75, 3.05) is 20.2 Å². The summed E-state index contributed by atoms with van der Waals surface area (Å²) in [6.07, 6.45) is 3.71. The lowest BCUT2D eigenvalue weighted by Crippen LogP contribution is -2.76. The van der Waals surface area contributed by atoms with E-state index in [0.717, 1.165) is 43.7 Å². The van der Waals surface area contributed by atoms with E-state index < -0.39 is 22.6 Å². The molecule has 2 aliphatic heterocycles. The number of likely N-dealkylation sites (tertiary alicyclic amines) is 1. The van der Waals surface area contributed by atoms with Crippen LogP contribution in [0.1, 0.15) is 42.4 Å². The molecule has 0 unspecified atom stereocenters. The molecule has 0 aromatic heterocycles. The van der Waals surface area contributed by atoms with E-state index in [1.807, 2.05) is 18.2 Å². The van der Waals surface area contributed by atoms with Gasteiger partial charge in [0, 0.05) is 18.0 Å². The van der Waals surface area contributed by atoms with Gasteiger partial charge in [0.25, 0.3) is 5.91 Å². The van der Waals surface area contributed by atoms with Crippen molar-refractivity contribution in [2.24, 2.45) is 0 Å². The van der Waals surface area contributed by atoms with Gasteiger partial charge < -0.3 is 15.2 Å². The molecule has 2 aliphatic carbocycles. The number of ether oxygens (including phenoxy) is 1. The lowest BCUT2D eigenvalue weighted by molar-refractivity contribution is -0.179. The number of amides is 3. The molecule has 2 aromatic rings. The van der Waals surface area contributed by atoms with Gasteiger partial charge in [0.2, 0.25) is 0 Å². The van der Waals surface area contributed by atoms with E-state index in [-0.39, 0.29) is 11.9 Å². The fourth-order valence-electron chi connectivity index (χ4n) is 7.27. The van der Waals surface area contributed by atoms with Crippen LogP contribution in [0.4, 0.5) is 4.79 Å². The van der Waals surface area contributed by atoms with E-state index in [2.05, 4.69) is 45.9 Å². The molecule has 178 valence electrons. The van der Waals surface area contributed by atoms with Gasteiger partial charge in [0.1, 0.15) is 11.3 Å². The smallest absolute Gasteiger partial charge is 0.322 e. The van der Waals surface area contributed by atoms with Crippen molar-refractivity contribution >= 4 is 11.9 Å². The average molecular weight is 462 g/mol. The standard InChI is InChI=1S/C27H31N3O4/c1-34-20-8-7-19-15-22-27(33)11-10-26(23(31)28-24(32)29-26)17-25(27,21(19)16-20)12-14-30(22)13-9-18-5-3-2-4-6-18/h2-8,16,22,33H,9-15,17H2,1H3,(H2,28,29,31,32)/t22-,25-,26+,27-/m1/s1. The summed E-state index contributed by atoms with van der Waals surface area (Å²) in [6, 6.07) is 16.1. The fourth-order valence-corrected chi connectivity index (χ4v) is 7.27. The Balaban J connectivity index is 1.41. The van der Waals surface area contributed by atoms with E-state index in [1.54, 1.807) is 7.11 Å². The van der Waals surface area contributed by atoms with Crippen molar-refractivity contribution in [3.63, 3.8) is 0 Å². The lowest BCUT2D eigenvalue weighted by atomic mass is 9.46. The summed E-state index contributed by atoms with van der Waals surface area (Å²) >= 11 is 0. The second-order valence-electron chi connectivity index (χ2n) is 10.4. The van der Waals surface area contributed by atoms with Crippen LogP contribution >= 0.6 is 0 Å². The first kappa shape index (κ1) is 21.6. The van der Waals surface area contributed by atoms with Crippen LogP contribution in [0.2, 0.25) is 0 Å². The number of carbonyl (C=O) groups excluding carboxylic acids is 2. The molecule has 1 saturated carbocycles. The number of aliphatic hydroxyl groups is 1. The van der Waals surface area contributed by atoms with Gasteiger partial charge in [0.15, 0.2) is 0 Å². The first-order chi connectivity index (χ1) is 16.4. The van der Waals surface area contributed by atoms with Gasteiger partial charge in [0.05, 0.1) is 12.7 Å². The van der Waals surface area contributed by atoms with Gasteiger partial charge in [-0.3, -0.25) is 15.0 Å². The molecule has 0 radical (unpaired) electrons. The number of hydrogen-bond donors (Lipinski definition) is 3. The van der Waals surface area contributed by atoms with Crippen molar-refractivity contribution in [3.05, 3.63) is 65.2 Å². The largest absolute Gasteiger partial charge is 0.497 e. The average Bonchev–Trinajstić information content (AvgIpc) is 3.11. The summed E-state index contributed by atoms with van der Waals surface area (Å²) in [6.45, 7) is 1.71. The third kappa shape index (κ3) is 2.96. The Bertz CT molecular complexity index is 1150. The monoisotopic (exact) mass is 461 g/mol. The molecule has 34 heavy (non-hydrogen) atoms. The minimum absolute atomic E-state index is 0.0385. The summed E-state index contributed by atoms with van der Waals surface area (Å²) in [5, 5.41) is 17.9. The number of benzene rings is 2. The van der Waals surface area contributed by atoms with E-state index in [1.165, 1.54) is 11.1 Å². The number of imide groups is 1. The van der Waals surface area contributed by atoms with Gasteiger partial charge in [-0.05, 0) is 73.9 Å². The highest BCUT2D eigenvalue weighted by Crippen LogP contribution is 2.60. The Morgan fingerprint density at radius 1 is 1.12 bits per heavy atom. The molecule has 2 aromatic carbocycles. The normalized spacial score (nSPS) is 34.2. The summed E-state index contributed by atoms with van der Waals surface area (Å²) in [5.41, 5.74) is 0.969. The molecule has 2 bridgehead atoms. The molecule has 7 nitrogen and oxygen atoms in total. The molecule has 3 amide bonds. The molecule has 2 saturated heterocycles. The molecule has 4 atom stereocenters. The van der Waals surface area contributed by atoms with Crippen LogP contribution in [0.5, 0.6) is 5.75 Å². The SMILES string of the molecule is COc1ccc2c(c1)[C@]13CCN(CCc4ccccc4)[C@H](C2)[C@]1(O)CC[C@@]1(C3)NC(=O)NC1=O. The molecule has 3 N–H and O–H groups in total. The fraction of sp³-hybridized carbons (Fsp3) is 0.481. The van der Waals surface area contributed by atoms with Crippen LogP contribution < -0.4 is 15.4 Å². The Hall–Kier alpha value is -2.90. The van der Waals surface area contributed by atoms with E-state index in [0.29, 0.717) is 19.3 Å². The summed E-state index contributed by atoms with van der Waals surface area (Å²) in [4.78, 5) is 27.5. The summed E-state index contributed by atoms with van der Waals surface area (Å²) < 4.78 is 5.55. The van der Waals surface area contributed by atoms with Gasteiger partial charge in [-0.15, -0.1) is 0 Å². The van der Waals surface area contributed by atoms with Gasteiger partial charge in [-0.25, -0.2) is 4.79 Å². The number of hydrogen-bond acceptors (Lipinski definition) is 5. The molecule has 1 spiro atoms. The number of carbonyl (C=O) groups is 2. The number of piperidine rings is 1. The Labute approximate surface area is 199 Å². The van der Waals surface area contributed by atoms with Crippen molar-refractivity contribution in [2.45, 2.75) is 61.1 Å². The third-order valence-corrected chi connectivity index (χ3v) is 8.97. The lowest BCUT2D eigenvalue weighted by Gasteiger charge is -2.65. The number of urea groups is 1. The maximum Gasteiger partial charge on any atom is 0.322 e. The zero-order valence-electron chi connectivity index (χ0n) is 19.5. The quantitative estimate of drug-likeness (QED) is 0.608. The van der Waals surface area contributed by atoms with Crippen LogP contribution in [0.3, 0.4) is 0 Å². The first-order valence-electron chi connectivity index (χ1n) is 12.2. The Kier molecular flexibility index (Phi) is 4.80. The number of methoxy groups -OCH3 is 1. The number of rotatable bonds is 4. The maximum atomic E-state index is 12.9. The van der Waals surface area contributed by atoms with Crippen molar-refractivity contribution in [1.82, 2.24) is 15.5 Å². The maximum absolute atomic E-state index is 12.9. The summed E-state index contributed by atoms with van der Waals surface area (Å²) in [7, 11) is 1.65. The second kappa shape index (κ2) is 7.55. The third-order valence-electron chi connectivity index (χ3n) is 8.97. The van der Waals surface area contributed by atoms with Crippen LogP contribution in [0.25, 0.3) is 0 Å². The number of nitrogens with zero attached hydrogens (tertiary/aromatic N) is 1. The minimum Gasteiger partial charge on any atom is -0.497 e. The van der Waals surface area contributed by atoms with Gasteiger partial charge in [-0.1, -0.05) is 36.4 Å². The molecule has 6 rings (SSSR count). The van der Waals surface area contributed by atoms with Crippen LogP contribution in [0.15, 0.2) is 48.5 Å². The minimum atomic E-state index is -0.986. The van der Waals surface area contributed by atoms with E-state index >= 15 is 0 Å². The Morgan fingerprint density at radius 3 is 2.68 bits per heavy atom. The highest BCUT2D eigenvalue weighted by molar-refractivity contribution is 6.07. The van der Waals surface area contributed by atoms with Crippen molar-refractivity contribution in [1.29, 1.82) is 0 Å². The highest BCUT2D eigenvalue weighted by Gasteiger charge is 2.69. The van der Waals surface area contributed by atoms with E-state index in [9.17, 15) is 14.7 Å². The summed E-state index contributed by atoms with van der Waals surface area (Å²) in [5.74, 6) is 0.479. The zero-order chi connectivity index (χ0) is 23.6. The van der Waals surface area contributed by atoms with Crippen LogP contribution in [-0.4, -0.2) is 59.3 Å². The van der Waals surface area contributed by atoms with Crippen LogP contribution in [0, 0.1) is 0 Å². The number of nitrogens with one attached hydrogen (secondary N) is 2. The molecule has 3 fully saturated rings. The topological polar surface area (TPSA) is 90.9 Å². The molecule has 4 aliphatic rings. The Morgan fingerprint density at radius 2 is 1.94 bits per heavy atom. The van der Waals surface area contributed by atoms with Crippen molar-refractivity contribution < 1.29 is 19.4 Å². The molecule has 2 heterocycles. The van der Waals surface area contributed by atoms with E-state index in [4.69, 9.17) is 4.74 Å². The van der Waals surface area contributed by atoms with Gasteiger partial charge >= 0.3 is 6.03 Å². The highest BCUT2D eigenvalue weighted by atomic mass is 16.5. The molecular formula is C27H31N3O4. The predicted molar refractivity (Wildman–Crippen MR) is 127 cm³/mol. The second-order valence-corrected chi connectivity index (χ2v) is 10.4. The molecule has 7 heteroatoms. The first-order valence-corrected chi connectivity index (χ1v) is 12.2.